The minimum atomic E-state index is -0.445. The molecule has 1 aliphatic rings. The van der Waals surface area contributed by atoms with Crippen molar-refractivity contribution in [1.29, 1.82) is 0 Å². The first kappa shape index (κ1) is 26.8. The van der Waals surface area contributed by atoms with Gasteiger partial charge in [-0.2, -0.15) is 0 Å². The smallest absolute Gasteiger partial charge is 0.343 e. The molecule has 0 spiro atoms. The fourth-order valence-corrected chi connectivity index (χ4v) is 4.35. The van der Waals surface area contributed by atoms with Crippen LogP contribution < -0.4 is 14.2 Å². The molecule has 0 amide bonds. The van der Waals surface area contributed by atoms with Gasteiger partial charge in [0.05, 0.1) is 18.1 Å². The summed E-state index contributed by atoms with van der Waals surface area (Å²) < 4.78 is 16.8. The van der Waals surface area contributed by atoms with Crippen molar-refractivity contribution in [2.45, 2.75) is 78.6 Å². The second-order valence-corrected chi connectivity index (χ2v) is 9.84. The SMILES string of the molecule is CCCCCC1CCC(C(=O)Oc2ccc(OC(=O)c3ccc(OC[C@@H](C)CC)cc3)cc2)CC1. The van der Waals surface area contributed by atoms with Gasteiger partial charge in [-0.05, 0) is 86.1 Å². The number of carbonyl (C=O) groups excluding carboxylic acids is 2. The Morgan fingerprint density at radius 3 is 2.03 bits per heavy atom. The van der Waals surface area contributed by atoms with E-state index in [2.05, 4.69) is 20.8 Å². The highest BCUT2D eigenvalue weighted by Gasteiger charge is 2.27. The van der Waals surface area contributed by atoms with E-state index in [0.29, 0.717) is 29.6 Å². The van der Waals surface area contributed by atoms with E-state index < -0.39 is 5.97 Å². The van der Waals surface area contributed by atoms with Crippen LogP contribution in [0, 0.1) is 17.8 Å². The van der Waals surface area contributed by atoms with Crippen molar-refractivity contribution >= 4 is 11.9 Å². The zero-order valence-electron chi connectivity index (χ0n) is 21.5. The highest BCUT2D eigenvalue weighted by Crippen LogP contribution is 2.33. The van der Waals surface area contributed by atoms with Gasteiger partial charge in [0.1, 0.15) is 17.2 Å². The van der Waals surface area contributed by atoms with Crippen molar-refractivity contribution in [1.82, 2.24) is 0 Å². The van der Waals surface area contributed by atoms with Crippen LogP contribution in [0.25, 0.3) is 0 Å². The third-order valence-corrected chi connectivity index (χ3v) is 6.97. The van der Waals surface area contributed by atoms with E-state index in [4.69, 9.17) is 14.2 Å². The molecule has 1 aliphatic carbocycles. The summed E-state index contributed by atoms with van der Waals surface area (Å²) in [6.07, 6.45) is 10.2. The Balaban J connectivity index is 1.43. The predicted octanol–water partition coefficient (Wildman–Crippen LogP) is 7.62. The van der Waals surface area contributed by atoms with Crippen LogP contribution in [0.15, 0.2) is 48.5 Å². The van der Waals surface area contributed by atoms with Crippen LogP contribution in [0.2, 0.25) is 0 Å². The number of esters is 2. The Kier molecular flexibility index (Phi) is 10.6. The van der Waals surface area contributed by atoms with Crippen LogP contribution in [0.3, 0.4) is 0 Å². The molecule has 0 unspecified atom stereocenters. The fraction of sp³-hybridized carbons (Fsp3) is 0.533. The first-order valence-corrected chi connectivity index (χ1v) is 13.2. The Morgan fingerprint density at radius 2 is 1.43 bits per heavy atom. The third kappa shape index (κ3) is 8.72. The van der Waals surface area contributed by atoms with Crippen molar-refractivity contribution in [2.75, 3.05) is 6.61 Å². The zero-order valence-corrected chi connectivity index (χ0v) is 21.5. The lowest BCUT2D eigenvalue weighted by atomic mass is 9.80. The summed E-state index contributed by atoms with van der Waals surface area (Å²) >= 11 is 0. The molecule has 5 heteroatoms. The van der Waals surface area contributed by atoms with Crippen LogP contribution in [0.1, 0.15) is 88.9 Å². The van der Waals surface area contributed by atoms with E-state index in [0.717, 1.165) is 43.8 Å². The third-order valence-electron chi connectivity index (χ3n) is 6.97. The molecule has 1 atom stereocenters. The lowest BCUT2D eigenvalue weighted by Crippen LogP contribution is -2.25. The molecule has 0 aromatic heterocycles. The minimum Gasteiger partial charge on any atom is -0.493 e. The van der Waals surface area contributed by atoms with Gasteiger partial charge in [0.2, 0.25) is 0 Å². The van der Waals surface area contributed by atoms with Gasteiger partial charge in [-0.15, -0.1) is 0 Å². The maximum Gasteiger partial charge on any atom is 0.343 e. The Bertz CT molecular complexity index is 911. The summed E-state index contributed by atoms with van der Waals surface area (Å²) in [6.45, 7) is 7.15. The summed E-state index contributed by atoms with van der Waals surface area (Å²) in [5, 5.41) is 0. The molecule has 3 rings (SSSR count). The van der Waals surface area contributed by atoms with Gasteiger partial charge in [0, 0.05) is 0 Å². The Morgan fingerprint density at radius 1 is 0.829 bits per heavy atom. The lowest BCUT2D eigenvalue weighted by molar-refractivity contribution is -0.140. The highest BCUT2D eigenvalue weighted by molar-refractivity contribution is 5.91. The Hall–Kier alpha value is -2.82. The quantitative estimate of drug-likeness (QED) is 0.178. The molecule has 0 saturated heterocycles. The molecule has 0 N–H and O–H groups in total. The van der Waals surface area contributed by atoms with E-state index >= 15 is 0 Å². The summed E-state index contributed by atoms with van der Waals surface area (Å²) in [4.78, 5) is 25.1. The molecule has 0 aliphatic heterocycles. The van der Waals surface area contributed by atoms with E-state index in [1.165, 1.54) is 25.7 Å². The first-order chi connectivity index (χ1) is 17.0. The summed E-state index contributed by atoms with van der Waals surface area (Å²) in [5.74, 6) is 2.23. The second-order valence-electron chi connectivity index (χ2n) is 9.84. The van der Waals surface area contributed by atoms with Crippen LogP contribution in [-0.2, 0) is 4.79 Å². The van der Waals surface area contributed by atoms with Crippen LogP contribution >= 0.6 is 0 Å². The van der Waals surface area contributed by atoms with Gasteiger partial charge in [0.25, 0.3) is 0 Å². The number of unbranched alkanes of at least 4 members (excludes halogenated alkanes) is 2. The first-order valence-electron chi connectivity index (χ1n) is 13.2. The maximum absolute atomic E-state index is 12.6. The Labute approximate surface area is 210 Å². The van der Waals surface area contributed by atoms with Crippen molar-refractivity contribution in [3.05, 3.63) is 54.1 Å². The lowest BCUT2D eigenvalue weighted by Gasteiger charge is -2.27. The molecule has 2 aromatic rings. The molecule has 35 heavy (non-hydrogen) atoms. The average molecular weight is 481 g/mol. The summed E-state index contributed by atoms with van der Waals surface area (Å²) in [6, 6.07) is 13.6. The summed E-state index contributed by atoms with van der Waals surface area (Å²) in [5.41, 5.74) is 0.446. The standard InChI is InChI=1S/C30H40O5/c1-4-6-7-8-23-9-11-24(12-10-23)29(31)34-27-17-19-28(20-18-27)35-30(32)25-13-15-26(16-14-25)33-21-22(3)5-2/h13-20,22-24H,4-12,21H2,1-3H3/t22-,23?,24?/m0/s1. The molecular formula is C30H40O5. The van der Waals surface area contributed by atoms with Crippen LogP contribution in [0.4, 0.5) is 0 Å². The molecule has 0 heterocycles. The molecule has 0 radical (unpaired) electrons. The van der Waals surface area contributed by atoms with E-state index in [1.54, 1.807) is 48.5 Å². The number of benzene rings is 2. The number of rotatable bonds is 12. The van der Waals surface area contributed by atoms with Gasteiger partial charge in [-0.1, -0.05) is 52.9 Å². The van der Waals surface area contributed by atoms with Crippen molar-refractivity contribution in [2.24, 2.45) is 17.8 Å². The van der Waals surface area contributed by atoms with Gasteiger partial charge < -0.3 is 14.2 Å². The van der Waals surface area contributed by atoms with Crippen molar-refractivity contribution in [3.63, 3.8) is 0 Å². The predicted molar refractivity (Wildman–Crippen MR) is 138 cm³/mol. The average Bonchev–Trinajstić information content (AvgIpc) is 2.89. The topological polar surface area (TPSA) is 61.8 Å². The zero-order chi connectivity index (χ0) is 25.0. The molecule has 1 fully saturated rings. The van der Waals surface area contributed by atoms with E-state index in [-0.39, 0.29) is 11.9 Å². The number of carbonyl (C=O) groups is 2. The number of ether oxygens (including phenoxy) is 3. The minimum absolute atomic E-state index is 0.0212. The van der Waals surface area contributed by atoms with Crippen molar-refractivity contribution < 1.29 is 23.8 Å². The molecule has 1 saturated carbocycles. The van der Waals surface area contributed by atoms with Crippen LogP contribution in [-0.4, -0.2) is 18.5 Å². The van der Waals surface area contributed by atoms with Crippen molar-refractivity contribution in [3.8, 4) is 17.2 Å². The number of hydrogen-bond donors (Lipinski definition) is 0. The van der Waals surface area contributed by atoms with Crippen LogP contribution in [0.5, 0.6) is 17.2 Å². The molecule has 2 aromatic carbocycles. The molecule has 5 nitrogen and oxygen atoms in total. The van der Waals surface area contributed by atoms with Gasteiger partial charge in [-0.3, -0.25) is 4.79 Å². The maximum atomic E-state index is 12.6. The van der Waals surface area contributed by atoms with Gasteiger partial charge in [-0.25, -0.2) is 4.79 Å². The number of hydrogen-bond acceptors (Lipinski definition) is 5. The molecular weight excluding hydrogens is 440 g/mol. The highest BCUT2D eigenvalue weighted by atomic mass is 16.5. The van der Waals surface area contributed by atoms with Gasteiger partial charge >= 0.3 is 11.9 Å². The molecule has 190 valence electrons. The van der Waals surface area contributed by atoms with E-state index in [1.807, 2.05) is 0 Å². The molecule has 0 bridgehead atoms. The monoisotopic (exact) mass is 480 g/mol. The van der Waals surface area contributed by atoms with Gasteiger partial charge in [0.15, 0.2) is 0 Å². The largest absolute Gasteiger partial charge is 0.493 e. The summed E-state index contributed by atoms with van der Waals surface area (Å²) in [7, 11) is 0. The normalized spacial score (nSPS) is 18.5. The fourth-order valence-electron chi connectivity index (χ4n) is 4.35. The second kappa shape index (κ2) is 13.9. The van der Waals surface area contributed by atoms with E-state index in [9.17, 15) is 9.59 Å².